The van der Waals surface area contributed by atoms with E-state index in [9.17, 15) is 5.26 Å². The van der Waals surface area contributed by atoms with E-state index in [1.54, 1.807) is 0 Å². The molecule has 1 aliphatic rings. The van der Waals surface area contributed by atoms with Crippen molar-refractivity contribution in [3.63, 3.8) is 0 Å². The van der Waals surface area contributed by atoms with Crippen molar-refractivity contribution in [2.75, 3.05) is 0 Å². The molecule has 0 heterocycles. The summed E-state index contributed by atoms with van der Waals surface area (Å²) in [7, 11) is 0. The van der Waals surface area contributed by atoms with E-state index in [-0.39, 0.29) is 5.41 Å². The Balaban J connectivity index is 2.80. The van der Waals surface area contributed by atoms with Crippen molar-refractivity contribution in [3.05, 3.63) is 0 Å². The van der Waals surface area contributed by atoms with Gasteiger partial charge >= 0.3 is 0 Å². The van der Waals surface area contributed by atoms with Crippen molar-refractivity contribution < 1.29 is 0 Å². The molecule has 0 amide bonds. The fraction of sp³-hybridized carbons (Fsp3) is 0.917. The zero-order valence-corrected chi connectivity index (χ0v) is 9.30. The fourth-order valence-electron chi connectivity index (χ4n) is 2.96. The second-order valence-corrected chi connectivity index (χ2v) is 5.27. The van der Waals surface area contributed by atoms with Crippen molar-refractivity contribution in [2.24, 2.45) is 23.2 Å². The van der Waals surface area contributed by atoms with Gasteiger partial charge in [-0.15, -0.1) is 0 Å². The molecule has 1 aliphatic carbocycles. The molecule has 1 saturated carbocycles. The molecule has 3 unspecified atom stereocenters. The number of hydrogen-bond donors (Lipinski definition) is 0. The van der Waals surface area contributed by atoms with Crippen molar-refractivity contribution in [2.45, 2.75) is 47.0 Å². The van der Waals surface area contributed by atoms with E-state index in [4.69, 9.17) is 0 Å². The van der Waals surface area contributed by atoms with Gasteiger partial charge in [0.25, 0.3) is 0 Å². The van der Waals surface area contributed by atoms with Crippen molar-refractivity contribution in [1.29, 1.82) is 5.26 Å². The molecule has 0 spiro atoms. The highest BCUT2D eigenvalue weighted by Crippen LogP contribution is 2.46. The maximum Gasteiger partial charge on any atom is 0.0689 e. The Morgan fingerprint density at radius 1 is 1.38 bits per heavy atom. The topological polar surface area (TPSA) is 23.8 Å². The van der Waals surface area contributed by atoms with Crippen LogP contribution in [-0.4, -0.2) is 0 Å². The first-order valence-corrected chi connectivity index (χ1v) is 5.41. The van der Waals surface area contributed by atoms with Crippen LogP contribution < -0.4 is 0 Å². The van der Waals surface area contributed by atoms with Gasteiger partial charge in [0, 0.05) is 0 Å². The molecule has 0 aromatic carbocycles. The predicted octanol–water partition coefficient (Wildman–Crippen LogP) is 3.61. The third kappa shape index (κ3) is 2.05. The normalized spacial score (nSPS) is 40.3. The summed E-state index contributed by atoms with van der Waals surface area (Å²) in [5, 5.41) is 9.24. The minimum atomic E-state index is -0.0637. The van der Waals surface area contributed by atoms with Crippen LogP contribution in [0.5, 0.6) is 0 Å². The minimum absolute atomic E-state index is 0.0637. The van der Waals surface area contributed by atoms with Gasteiger partial charge in [-0.2, -0.15) is 5.26 Å². The molecule has 0 saturated heterocycles. The monoisotopic (exact) mass is 179 g/mol. The first-order valence-electron chi connectivity index (χ1n) is 5.41. The number of nitrogens with zero attached hydrogens (tertiary/aromatic N) is 1. The number of hydrogen-bond acceptors (Lipinski definition) is 1. The molecule has 13 heavy (non-hydrogen) atoms. The molecule has 74 valence electrons. The van der Waals surface area contributed by atoms with Gasteiger partial charge in [0.15, 0.2) is 0 Å². The zero-order valence-electron chi connectivity index (χ0n) is 9.30. The highest BCUT2D eigenvalue weighted by atomic mass is 14.5. The van der Waals surface area contributed by atoms with Crippen molar-refractivity contribution >= 4 is 0 Å². The van der Waals surface area contributed by atoms with Crippen molar-refractivity contribution in [3.8, 4) is 6.07 Å². The molecule has 0 N–H and O–H groups in total. The second kappa shape index (κ2) is 3.70. The third-order valence-corrected chi connectivity index (χ3v) is 3.62. The maximum atomic E-state index is 9.24. The van der Waals surface area contributed by atoms with Crippen LogP contribution in [0.25, 0.3) is 0 Å². The van der Waals surface area contributed by atoms with E-state index in [0.717, 1.165) is 12.3 Å². The Hall–Kier alpha value is -0.510. The summed E-state index contributed by atoms with van der Waals surface area (Å²) < 4.78 is 0. The van der Waals surface area contributed by atoms with E-state index < -0.39 is 0 Å². The van der Waals surface area contributed by atoms with E-state index in [1.807, 2.05) is 0 Å². The van der Waals surface area contributed by atoms with Gasteiger partial charge in [-0.25, -0.2) is 0 Å². The molecule has 1 fully saturated rings. The molecule has 1 nitrogen and oxygen atoms in total. The van der Waals surface area contributed by atoms with Gasteiger partial charge < -0.3 is 0 Å². The number of nitriles is 1. The van der Waals surface area contributed by atoms with Crippen molar-refractivity contribution in [1.82, 2.24) is 0 Å². The van der Waals surface area contributed by atoms with Crippen LogP contribution in [-0.2, 0) is 0 Å². The Kier molecular flexibility index (Phi) is 3.01. The lowest BCUT2D eigenvalue weighted by atomic mass is 9.61. The summed E-state index contributed by atoms with van der Waals surface area (Å²) in [5.74, 6) is 1.99. The lowest BCUT2D eigenvalue weighted by Crippen LogP contribution is -2.35. The molecule has 0 aromatic heterocycles. The molecule has 1 rings (SSSR count). The van der Waals surface area contributed by atoms with Gasteiger partial charge in [0.1, 0.15) is 0 Å². The average molecular weight is 179 g/mol. The standard InChI is InChI=1S/C12H21N/c1-9(2)11-6-5-10(3)7-12(11,4)8-13/h9-11H,5-7H2,1-4H3. The number of rotatable bonds is 1. The van der Waals surface area contributed by atoms with Crippen LogP contribution >= 0.6 is 0 Å². The molecule has 3 atom stereocenters. The highest BCUT2D eigenvalue weighted by molar-refractivity contribution is 5.03. The lowest BCUT2D eigenvalue weighted by molar-refractivity contribution is 0.0996. The van der Waals surface area contributed by atoms with Crippen LogP contribution in [0.15, 0.2) is 0 Å². The Morgan fingerprint density at radius 2 is 2.00 bits per heavy atom. The first-order chi connectivity index (χ1) is 5.99. The minimum Gasteiger partial charge on any atom is -0.198 e. The quantitative estimate of drug-likeness (QED) is 0.603. The Bertz CT molecular complexity index is 214. The van der Waals surface area contributed by atoms with Gasteiger partial charge in [0.2, 0.25) is 0 Å². The van der Waals surface area contributed by atoms with Crippen LogP contribution in [0, 0.1) is 34.5 Å². The van der Waals surface area contributed by atoms with Crippen LogP contribution in [0.1, 0.15) is 47.0 Å². The molecule has 1 heteroatoms. The lowest BCUT2D eigenvalue weighted by Gasteiger charge is -2.41. The predicted molar refractivity (Wildman–Crippen MR) is 55.1 cm³/mol. The summed E-state index contributed by atoms with van der Waals surface area (Å²) in [6.45, 7) is 8.91. The molecular weight excluding hydrogens is 158 g/mol. The van der Waals surface area contributed by atoms with E-state index in [0.29, 0.717) is 11.8 Å². The largest absolute Gasteiger partial charge is 0.198 e. The summed E-state index contributed by atoms with van der Waals surface area (Å²) >= 11 is 0. The van der Waals surface area contributed by atoms with Gasteiger partial charge in [-0.1, -0.05) is 27.2 Å². The molecular formula is C12H21N. The van der Waals surface area contributed by atoms with Gasteiger partial charge in [-0.3, -0.25) is 0 Å². The zero-order chi connectivity index (χ0) is 10.1. The molecule has 0 aliphatic heterocycles. The van der Waals surface area contributed by atoms with Gasteiger partial charge in [-0.05, 0) is 37.5 Å². The van der Waals surface area contributed by atoms with E-state index >= 15 is 0 Å². The van der Waals surface area contributed by atoms with Crippen LogP contribution in [0.3, 0.4) is 0 Å². The molecule has 0 aromatic rings. The maximum absolute atomic E-state index is 9.24. The Morgan fingerprint density at radius 3 is 2.46 bits per heavy atom. The third-order valence-electron chi connectivity index (χ3n) is 3.62. The van der Waals surface area contributed by atoms with Crippen LogP contribution in [0.4, 0.5) is 0 Å². The SMILES string of the molecule is CC1CCC(C(C)C)C(C)(C#N)C1. The van der Waals surface area contributed by atoms with Gasteiger partial charge in [0.05, 0.1) is 11.5 Å². The van der Waals surface area contributed by atoms with E-state index in [2.05, 4.69) is 33.8 Å². The highest BCUT2D eigenvalue weighted by Gasteiger charge is 2.40. The molecule has 0 radical (unpaired) electrons. The Labute approximate surface area is 82.1 Å². The summed E-state index contributed by atoms with van der Waals surface area (Å²) in [6, 6.07) is 2.54. The average Bonchev–Trinajstić information content (AvgIpc) is 2.03. The van der Waals surface area contributed by atoms with Crippen LogP contribution in [0.2, 0.25) is 0 Å². The molecule has 0 bridgehead atoms. The van der Waals surface area contributed by atoms with E-state index in [1.165, 1.54) is 12.8 Å². The first kappa shape index (κ1) is 10.6. The second-order valence-electron chi connectivity index (χ2n) is 5.27. The summed E-state index contributed by atoms with van der Waals surface area (Å²) in [6.07, 6.45) is 3.63. The summed E-state index contributed by atoms with van der Waals surface area (Å²) in [5.41, 5.74) is -0.0637. The smallest absolute Gasteiger partial charge is 0.0689 e. The summed E-state index contributed by atoms with van der Waals surface area (Å²) in [4.78, 5) is 0. The fourth-order valence-corrected chi connectivity index (χ4v) is 2.96.